The van der Waals surface area contributed by atoms with Crippen LogP contribution in [0.25, 0.3) is 0 Å². The maximum atomic E-state index is 12.3. The Kier molecular flexibility index (Phi) is 3.19. The van der Waals surface area contributed by atoms with Gasteiger partial charge in [-0.25, -0.2) is 0 Å². The Bertz CT molecular complexity index is 268. The second kappa shape index (κ2) is 4.12. The van der Waals surface area contributed by atoms with Gasteiger partial charge in [0.15, 0.2) is 0 Å². The molecule has 2 fully saturated rings. The molecule has 2 nitrogen and oxygen atoms in total. The number of alkyl halides is 3. The smallest absolute Gasteiger partial charge is 0.298 e. The van der Waals surface area contributed by atoms with Crippen molar-refractivity contribution < 1.29 is 13.2 Å². The Labute approximate surface area is 101 Å². The highest BCUT2D eigenvalue weighted by Gasteiger charge is 2.45. The summed E-state index contributed by atoms with van der Waals surface area (Å²) < 4.78 is 36.9. The van der Waals surface area contributed by atoms with Crippen LogP contribution in [0.5, 0.6) is 0 Å². The summed E-state index contributed by atoms with van der Waals surface area (Å²) in [7, 11) is 0. The Morgan fingerprint density at radius 1 is 0.941 bits per heavy atom. The highest BCUT2D eigenvalue weighted by Crippen LogP contribution is 2.35. The number of likely N-dealkylation sites (tertiary alicyclic amines) is 2. The van der Waals surface area contributed by atoms with Gasteiger partial charge in [0.2, 0.25) is 0 Å². The van der Waals surface area contributed by atoms with Crippen LogP contribution >= 0.6 is 0 Å². The molecule has 2 aliphatic rings. The van der Waals surface area contributed by atoms with Crippen molar-refractivity contribution in [3.8, 4) is 0 Å². The second-order valence-electron chi connectivity index (χ2n) is 6.41. The molecular formula is C12H21F3N2. The van der Waals surface area contributed by atoms with Crippen LogP contribution in [0.4, 0.5) is 13.2 Å². The number of hydrogen-bond donors (Lipinski definition) is 0. The van der Waals surface area contributed by atoms with Gasteiger partial charge in [0, 0.05) is 31.7 Å². The molecule has 0 aromatic carbocycles. The minimum atomic E-state index is -4.05. The molecule has 2 atom stereocenters. The van der Waals surface area contributed by atoms with Crippen LogP contribution in [-0.2, 0) is 0 Å². The largest absolute Gasteiger partial charge is 0.401 e. The van der Waals surface area contributed by atoms with Gasteiger partial charge < -0.3 is 0 Å². The molecule has 2 heterocycles. The van der Waals surface area contributed by atoms with E-state index in [2.05, 4.69) is 25.7 Å². The van der Waals surface area contributed by atoms with Crippen LogP contribution in [0.2, 0.25) is 0 Å². The van der Waals surface area contributed by atoms with Crippen LogP contribution in [0.3, 0.4) is 0 Å². The van der Waals surface area contributed by atoms with E-state index in [1.54, 1.807) is 4.90 Å². The summed E-state index contributed by atoms with van der Waals surface area (Å²) in [6, 6.07) is 0. The fraction of sp³-hybridized carbons (Fsp3) is 1.00. The fourth-order valence-electron chi connectivity index (χ4n) is 3.02. The van der Waals surface area contributed by atoms with Crippen LogP contribution < -0.4 is 0 Å². The summed E-state index contributed by atoms with van der Waals surface area (Å²) >= 11 is 0. The van der Waals surface area contributed by atoms with Gasteiger partial charge in [-0.1, -0.05) is 0 Å². The SMILES string of the molecule is CC(C)(C)N1C[C@H]2CN(CC(F)(F)F)C[C@H]2C1. The highest BCUT2D eigenvalue weighted by molar-refractivity contribution is 4.96. The van der Waals surface area contributed by atoms with Gasteiger partial charge in [-0.2, -0.15) is 13.2 Å². The fourth-order valence-corrected chi connectivity index (χ4v) is 3.02. The lowest BCUT2D eigenvalue weighted by Crippen LogP contribution is -2.42. The van der Waals surface area contributed by atoms with Crippen molar-refractivity contribution in [3.05, 3.63) is 0 Å². The van der Waals surface area contributed by atoms with Crippen molar-refractivity contribution in [1.29, 1.82) is 0 Å². The summed E-state index contributed by atoms with van der Waals surface area (Å²) in [4.78, 5) is 3.96. The molecule has 100 valence electrons. The van der Waals surface area contributed by atoms with E-state index in [-0.39, 0.29) is 5.54 Å². The monoisotopic (exact) mass is 250 g/mol. The normalized spacial score (nSPS) is 32.1. The molecule has 0 aromatic rings. The first kappa shape index (κ1) is 13.1. The zero-order chi connectivity index (χ0) is 12.8. The minimum Gasteiger partial charge on any atom is -0.298 e. The third-order valence-corrected chi connectivity index (χ3v) is 3.91. The molecule has 0 unspecified atom stereocenters. The molecule has 0 bridgehead atoms. The lowest BCUT2D eigenvalue weighted by molar-refractivity contribution is -0.144. The first-order chi connectivity index (χ1) is 7.65. The molecule has 0 spiro atoms. The summed E-state index contributed by atoms with van der Waals surface area (Å²) in [6.07, 6.45) is -4.05. The number of rotatable bonds is 1. The molecule has 0 aromatic heterocycles. The molecule has 2 aliphatic heterocycles. The van der Waals surface area contributed by atoms with E-state index < -0.39 is 12.7 Å². The quantitative estimate of drug-likeness (QED) is 0.704. The van der Waals surface area contributed by atoms with E-state index in [4.69, 9.17) is 0 Å². The van der Waals surface area contributed by atoms with Crippen LogP contribution in [0, 0.1) is 11.8 Å². The Hall–Kier alpha value is -0.290. The van der Waals surface area contributed by atoms with Crippen molar-refractivity contribution >= 4 is 0 Å². The number of hydrogen-bond acceptors (Lipinski definition) is 2. The Balaban J connectivity index is 1.88. The lowest BCUT2D eigenvalue weighted by atomic mass is 10.0. The first-order valence-corrected chi connectivity index (χ1v) is 6.19. The van der Waals surface area contributed by atoms with Gasteiger partial charge in [-0.3, -0.25) is 9.80 Å². The van der Waals surface area contributed by atoms with E-state index in [1.807, 2.05) is 0 Å². The summed E-state index contributed by atoms with van der Waals surface area (Å²) in [5.74, 6) is 0.855. The summed E-state index contributed by atoms with van der Waals surface area (Å²) in [6.45, 7) is 8.87. The van der Waals surface area contributed by atoms with Gasteiger partial charge in [0.1, 0.15) is 0 Å². The number of nitrogens with zero attached hydrogens (tertiary/aromatic N) is 2. The molecule has 0 N–H and O–H groups in total. The molecule has 17 heavy (non-hydrogen) atoms. The lowest BCUT2D eigenvalue weighted by Gasteiger charge is -2.33. The van der Waals surface area contributed by atoms with Crippen LogP contribution in [0.1, 0.15) is 20.8 Å². The molecule has 0 radical (unpaired) electrons. The topological polar surface area (TPSA) is 6.48 Å². The number of halogens is 3. The van der Waals surface area contributed by atoms with Gasteiger partial charge in [0.05, 0.1) is 6.54 Å². The van der Waals surface area contributed by atoms with E-state index in [1.165, 1.54) is 0 Å². The zero-order valence-corrected chi connectivity index (χ0v) is 10.7. The third-order valence-electron chi connectivity index (χ3n) is 3.91. The Morgan fingerprint density at radius 2 is 1.41 bits per heavy atom. The Morgan fingerprint density at radius 3 is 1.76 bits per heavy atom. The highest BCUT2D eigenvalue weighted by atomic mass is 19.4. The standard InChI is InChI=1S/C12H21F3N2/c1-11(2,3)17-6-9-4-16(5-10(9)7-17)8-12(13,14)15/h9-10H,4-8H2,1-3H3/t9-,10+. The van der Waals surface area contributed by atoms with E-state index in [9.17, 15) is 13.2 Å². The van der Waals surface area contributed by atoms with Gasteiger partial charge in [0.25, 0.3) is 0 Å². The molecular weight excluding hydrogens is 229 g/mol. The predicted octanol–water partition coefficient (Wildman–Crippen LogP) is 2.21. The first-order valence-electron chi connectivity index (χ1n) is 6.19. The average Bonchev–Trinajstić information content (AvgIpc) is 2.55. The molecule has 0 aliphatic carbocycles. The van der Waals surface area contributed by atoms with Crippen molar-refractivity contribution in [1.82, 2.24) is 9.80 Å². The summed E-state index contributed by atoms with van der Waals surface area (Å²) in [5, 5.41) is 0. The molecule has 5 heteroatoms. The van der Waals surface area contributed by atoms with Crippen molar-refractivity contribution in [2.45, 2.75) is 32.5 Å². The molecule has 2 rings (SSSR count). The molecule has 2 saturated heterocycles. The molecule has 0 saturated carbocycles. The zero-order valence-electron chi connectivity index (χ0n) is 10.7. The minimum absolute atomic E-state index is 0.138. The van der Waals surface area contributed by atoms with Gasteiger partial charge in [-0.05, 0) is 32.6 Å². The van der Waals surface area contributed by atoms with Gasteiger partial charge >= 0.3 is 6.18 Å². The maximum absolute atomic E-state index is 12.3. The number of fused-ring (bicyclic) bond motifs is 1. The maximum Gasteiger partial charge on any atom is 0.401 e. The van der Waals surface area contributed by atoms with Gasteiger partial charge in [-0.15, -0.1) is 0 Å². The van der Waals surface area contributed by atoms with Crippen molar-refractivity contribution in [2.75, 3.05) is 32.7 Å². The molecule has 0 amide bonds. The van der Waals surface area contributed by atoms with E-state index in [0.29, 0.717) is 24.9 Å². The predicted molar refractivity (Wildman–Crippen MR) is 60.8 cm³/mol. The van der Waals surface area contributed by atoms with E-state index >= 15 is 0 Å². The van der Waals surface area contributed by atoms with Crippen molar-refractivity contribution in [2.24, 2.45) is 11.8 Å². The van der Waals surface area contributed by atoms with Crippen molar-refractivity contribution in [3.63, 3.8) is 0 Å². The average molecular weight is 250 g/mol. The summed E-state index contributed by atoms with van der Waals surface area (Å²) in [5.41, 5.74) is 0.138. The van der Waals surface area contributed by atoms with Crippen LogP contribution in [-0.4, -0.2) is 54.2 Å². The van der Waals surface area contributed by atoms with E-state index in [0.717, 1.165) is 13.1 Å². The third kappa shape index (κ3) is 3.13. The second-order valence-corrected chi connectivity index (χ2v) is 6.41. The van der Waals surface area contributed by atoms with Crippen LogP contribution in [0.15, 0.2) is 0 Å².